The molecular weight excluding hydrogens is 226 g/mol. The zero-order chi connectivity index (χ0) is 13.1. The largest absolute Gasteiger partial charge is 0.493 e. The molecule has 2 rings (SSSR count). The Bertz CT molecular complexity index is 476. The minimum absolute atomic E-state index is 0.407. The van der Waals surface area contributed by atoms with Crippen LogP contribution in [0.5, 0.6) is 11.5 Å². The number of rotatable bonds is 3. The predicted octanol–water partition coefficient (Wildman–Crippen LogP) is 0.839. The summed E-state index contributed by atoms with van der Waals surface area (Å²) in [5.41, 5.74) is 2.67. The molecule has 1 aromatic rings. The van der Waals surface area contributed by atoms with Gasteiger partial charge in [-0.3, -0.25) is 0 Å². The van der Waals surface area contributed by atoms with Crippen LogP contribution in [0.4, 0.5) is 0 Å². The molecule has 0 saturated carbocycles. The summed E-state index contributed by atoms with van der Waals surface area (Å²) in [4.78, 5) is 1.44. The summed E-state index contributed by atoms with van der Waals surface area (Å²) < 4.78 is 10.7. The molecule has 1 aliphatic heterocycles. The average molecular weight is 246 g/mol. The minimum Gasteiger partial charge on any atom is -0.493 e. The maximum atomic E-state index is 5.43. The Balaban J connectivity index is 2.39. The number of quaternary nitrogens is 1. The van der Waals surface area contributed by atoms with Gasteiger partial charge in [0.15, 0.2) is 11.5 Å². The second-order valence-electron chi connectivity index (χ2n) is 4.67. The maximum absolute atomic E-state index is 5.43. The summed E-state index contributed by atoms with van der Waals surface area (Å²) >= 11 is 0. The number of methoxy groups -OCH3 is 2. The van der Waals surface area contributed by atoms with E-state index in [2.05, 4.69) is 25.0 Å². The number of fused-ring (bicyclic) bond motifs is 1. The zero-order valence-electron chi connectivity index (χ0n) is 11.2. The number of hydrogen-bond acceptors (Lipinski definition) is 2. The summed E-state index contributed by atoms with van der Waals surface area (Å²) in [5, 5.41) is 0. The van der Waals surface area contributed by atoms with Crippen LogP contribution in [0.3, 0.4) is 0 Å². The lowest BCUT2D eigenvalue weighted by molar-refractivity contribution is -0.925. The highest BCUT2D eigenvalue weighted by Gasteiger charge is 2.28. The lowest BCUT2D eigenvalue weighted by Gasteiger charge is -2.31. The Morgan fingerprint density at radius 3 is 2.61 bits per heavy atom. The van der Waals surface area contributed by atoms with E-state index in [1.54, 1.807) is 14.2 Å². The number of ether oxygens (including phenoxy) is 2. The summed E-state index contributed by atoms with van der Waals surface area (Å²) in [5.74, 6) is 4.36. The molecule has 0 radical (unpaired) electrons. The Labute approximate surface area is 109 Å². The minimum atomic E-state index is 0.407. The van der Waals surface area contributed by atoms with Gasteiger partial charge in [0.1, 0.15) is 12.6 Å². The Hall–Kier alpha value is -1.66. The molecule has 3 nitrogen and oxygen atoms in total. The van der Waals surface area contributed by atoms with Gasteiger partial charge in [0, 0.05) is 12.0 Å². The number of nitrogens with one attached hydrogen (secondary N) is 1. The van der Waals surface area contributed by atoms with Crippen LogP contribution in [0.1, 0.15) is 24.1 Å². The van der Waals surface area contributed by atoms with E-state index in [0.29, 0.717) is 6.04 Å². The molecule has 0 fully saturated rings. The van der Waals surface area contributed by atoms with Crippen molar-refractivity contribution < 1.29 is 14.4 Å². The first-order valence-electron chi connectivity index (χ1n) is 6.24. The highest BCUT2D eigenvalue weighted by atomic mass is 16.5. The van der Waals surface area contributed by atoms with Crippen molar-refractivity contribution in [1.82, 2.24) is 0 Å². The molecule has 0 aliphatic carbocycles. The van der Waals surface area contributed by atoms with Gasteiger partial charge in [0.05, 0.1) is 20.8 Å². The van der Waals surface area contributed by atoms with E-state index >= 15 is 0 Å². The van der Waals surface area contributed by atoms with Crippen molar-refractivity contribution in [3.8, 4) is 23.8 Å². The molecule has 3 heteroatoms. The Morgan fingerprint density at radius 2 is 2.00 bits per heavy atom. The van der Waals surface area contributed by atoms with Crippen molar-refractivity contribution >= 4 is 0 Å². The van der Waals surface area contributed by atoms with Gasteiger partial charge in [-0.1, -0.05) is 0 Å². The molecule has 1 aromatic carbocycles. The van der Waals surface area contributed by atoms with Crippen LogP contribution < -0.4 is 14.4 Å². The monoisotopic (exact) mass is 246 g/mol. The third kappa shape index (κ3) is 2.16. The summed E-state index contributed by atoms with van der Waals surface area (Å²) in [6, 6.07) is 4.59. The van der Waals surface area contributed by atoms with Gasteiger partial charge >= 0.3 is 0 Å². The van der Waals surface area contributed by atoms with Crippen molar-refractivity contribution in [2.24, 2.45) is 0 Å². The molecule has 0 aromatic heterocycles. The fraction of sp³-hybridized carbons (Fsp3) is 0.467. The average Bonchev–Trinajstić information content (AvgIpc) is 2.41. The van der Waals surface area contributed by atoms with Crippen molar-refractivity contribution in [2.75, 3.05) is 27.3 Å². The molecule has 0 saturated heterocycles. The molecule has 1 unspecified atom stereocenters. The number of terminal acetylenes is 1. The second-order valence-corrected chi connectivity index (χ2v) is 4.67. The van der Waals surface area contributed by atoms with Gasteiger partial charge in [-0.15, -0.1) is 6.42 Å². The van der Waals surface area contributed by atoms with E-state index in [0.717, 1.165) is 31.0 Å². The first-order chi connectivity index (χ1) is 8.71. The van der Waals surface area contributed by atoms with Crippen LogP contribution in [0, 0.1) is 12.3 Å². The summed E-state index contributed by atoms with van der Waals surface area (Å²) in [7, 11) is 3.34. The van der Waals surface area contributed by atoms with Crippen LogP contribution in [0.15, 0.2) is 12.1 Å². The van der Waals surface area contributed by atoms with Crippen molar-refractivity contribution in [3.05, 3.63) is 23.3 Å². The highest BCUT2D eigenvalue weighted by Crippen LogP contribution is 2.33. The standard InChI is InChI=1S/C15H19NO2/c1-5-7-16-8-6-12-9-14(17-3)15(18-4)10-13(12)11(16)2/h1,9-11H,6-8H2,2-4H3/p+1/t11-/m0/s1. The van der Waals surface area contributed by atoms with Gasteiger partial charge < -0.3 is 14.4 Å². The SMILES string of the molecule is C#CC[NH+]1CCc2cc(OC)c(OC)cc2[C@@H]1C. The fourth-order valence-electron chi connectivity index (χ4n) is 2.66. The van der Waals surface area contributed by atoms with E-state index in [1.807, 2.05) is 0 Å². The van der Waals surface area contributed by atoms with Gasteiger partial charge in [0.2, 0.25) is 0 Å². The third-order valence-electron chi connectivity index (χ3n) is 3.77. The molecule has 1 heterocycles. The summed E-state index contributed by atoms with van der Waals surface area (Å²) in [6.45, 7) is 4.07. The molecule has 18 heavy (non-hydrogen) atoms. The van der Waals surface area contributed by atoms with Crippen LogP contribution in [0.2, 0.25) is 0 Å². The maximum Gasteiger partial charge on any atom is 0.161 e. The first kappa shape index (κ1) is 12.8. The third-order valence-corrected chi connectivity index (χ3v) is 3.77. The van der Waals surface area contributed by atoms with E-state index in [1.165, 1.54) is 16.0 Å². The van der Waals surface area contributed by atoms with E-state index in [-0.39, 0.29) is 0 Å². The predicted molar refractivity (Wildman–Crippen MR) is 71.2 cm³/mol. The lowest BCUT2D eigenvalue weighted by Crippen LogP contribution is -3.12. The zero-order valence-corrected chi connectivity index (χ0v) is 11.2. The Kier molecular flexibility index (Phi) is 3.78. The van der Waals surface area contributed by atoms with E-state index < -0.39 is 0 Å². The fourth-order valence-corrected chi connectivity index (χ4v) is 2.66. The van der Waals surface area contributed by atoms with Crippen molar-refractivity contribution in [3.63, 3.8) is 0 Å². The van der Waals surface area contributed by atoms with Crippen molar-refractivity contribution in [2.45, 2.75) is 19.4 Å². The molecule has 0 amide bonds. The first-order valence-corrected chi connectivity index (χ1v) is 6.24. The van der Waals surface area contributed by atoms with E-state index in [9.17, 15) is 0 Å². The summed E-state index contributed by atoms with van der Waals surface area (Å²) in [6.07, 6.45) is 6.47. The van der Waals surface area contributed by atoms with Crippen LogP contribution in [-0.4, -0.2) is 27.3 Å². The molecule has 96 valence electrons. The second kappa shape index (κ2) is 5.32. The van der Waals surface area contributed by atoms with Crippen molar-refractivity contribution in [1.29, 1.82) is 0 Å². The highest BCUT2D eigenvalue weighted by molar-refractivity contribution is 5.48. The number of benzene rings is 1. The molecular formula is C15H20NO2+. The Morgan fingerprint density at radius 1 is 1.33 bits per heavy atom. The molecule has 0 spiro atoms. The van der Waals surface area contributed by atoms with Gasteiger partial charge in [-0.05, 0) is 30.5 Å². The lowest BCUT2D eigenvalue weighted by atomic mass is 9.93. The molecule has 1 aliphatic rings. The van der Waals surface area contributed by atoms with Gasteiger partial charge in [-0.2, -0.15) is 0 Å². The van der Waals surface area contributed by atoms with E-state index in [4.69, 9.17) is 15.9 Å². The molecule has 2 atom stereocenters. The number of hydrogen-bond donors (Lipinski definition) is 1. The quantitative estimate of drug-likeness (QED) is 0.799. The topological polar surface area (TPSA) is 22.9 Å². The van der Waals surface area contributed by atoms with Crippen LogP contribution in [-0.2, 0) is 6.42 Å². The normalized spacial score (nSPS) is 21.9. The van der Waals surface area contributed by atoms with Gasteiger partial charge in [-0.25, -0.2) is 0 Å². The van der Waals surface area contributed by atoms with Crippen LogP contribution >= 0.6 is 0 Å². The smallest absolute Gasteiger partial charge is 0.161 e. The molecule has 0 bridgehead atoms. The molecule has 1 N–H and O–H groups in total. The van der Waals surface area contributed by atoms with Gasteiger partial charge in [0.25, 0.3) is 0 Å². The van der Waals surface area contributed by atoms with Crippen LogP contribution in [0.25, 0.3) is 0 Å².